The smallest absolute Gasteiger partial charge is 0.0351 e. The van der Waals surface area contributed by atoms with E-state index in [2.05, 4.69) is 41.7 Å². The molecule has 0 spiro atoms. The average molecular weight is 225 g/mol. The lowest BCUT2D eigenvalue weighted by molar-refractivity contribution is 0.0519. The van der Waals surface area contributed by atoms with Gasteiger partial charge in [-0.2, -0.15) is 5.53 Å². The number of nitrogens with zero attached hydrogens (tertiary/aromatic N) is 2. The molecule has 3 heteroatoms. The summed E-state index contributed by atoms with van der Waals surface area (Å²) in [5.41, 5.74) is 3.45. The Kier molecular flexibility index (Phi) is 7.26. The molecule has 0 saturated carbocycles. The zero-order valence-electron chi connectivity index (χ0n) is 10.9. The number of hydrazine groups is 2. The highest BCUT2D eigenvalue weighted by Gasteiger charge is 2.09. The number of unbranched alkanes of at least 4 members (excludes halogenated alkanes) is 4. The highest BCUT2D eigenvalue weighted by Crippen LogP contribution is 2.03. The zero-order valence-corrected chi connectivity index (χ0v) is 10.9. The Hall–Kier alpha value is -0.540. The van der Waals surface area contributed by atoms with E-state index in [0.717, 1.165) is 19.6 Å². The third-order valence-electron chi connectivity index (χ3n) is 2.92. The molecule has 1 rings (SSSR count). The van der Waals surface area contributed by atoms with E-state index in [0.29, 0.717) is 0 Å². The Balaban J connectivity index is 2.14. The molecule has 0 aliphatic carbocycles. The zero-order chi connectivity index (χ0) is 11.6. The second-order valence-corrected chi connectivity index (χ2v) is 4.54. The minimum absolute atomic E-state index is 1.04. The lowest BCUT2D eigenvalue weighted by Gasteiger charge is -2.33. The van der Waals surface area contributed by atoms with Gasteiger partial charge >= 0.3 is 0 Å². The molecule has 0 unspecified atom stereocenters. The van der Waals surface area contributed by atoms with Gasteiger partial charge in [-0.05, 0) is 12.8 Å². The van der Waals surface area contributed by atoms with Crippen molar-refractivity contribution in [3.8, 4) is 0 Å². The average Bonchev–Trinajstić information content (AvgIpc) is 2.30. The third kappa shape index (κ3) is 5.52. The summed E-state index contributed by atoms with van der Waals surface area (Å²) < 4.78 is 0. The second-order valence-electron chi connectivity index (χ2n) is 4.54. The van der Waals surface area contributed by atoms with Gasteiger partial charge in [0.05, 0.1) is 0 Å². The standard InChI is InChI=1S/C13H27N3/c1-3-5-7-10-15-12-9-13-16(14-15)11-8-6-4-2/h9,12,14H,3-8,10-11,13H2,1-2H3. The third-order valence-corrected chi connectivity index (χ3v) is 2.92. The summed E-state index contributed by atoms with van der Waals surface area (Å²) in [7, 11) is 0. The molecule has 1 aliphatic heterocycles. The highest BCUT2D eigenvalue weighted by atomic mass is 15.7. The summed E-state index contributed by atoms with van der Waals surface area (Å²) in [6, 6.07) is 0. The first-order valence-electron chi connectivity index (χ1n) is 6.81. The fourth-order valence-corrected chi connectivity index (χ4v) is 1.91. The summed E-state index contributed by atoms with van der Waals surface area (Å²) in [4.78, 5) is 0. The van der Waals surface area contributed by atoms with Crippen molar-refractivity contribution >= 4 is 0 Å². The van der Waals surface area contributed by atoms with Crippen LogP contribution in [0.3, 0.4) is 0 Å². The van der Waals surface area contributed by atoms with E-state index < -0.39 is 0 Å². The van der Waals surface area contributed by atoms with Crippen LogP contribution in [0.4, 0.5) is 0 Å². The first kappa shape index (κ1) is 13.5. The molecule has 0 saturated heterocycles. The van der Waals surface area contributed by atoms with Gasteiger partial charge < -0.3 is 5.01 Å². The van der Waals surface area contributed by atoms with E-state index in [1.54, 1.807) is 0 Å². The predicted octanol–water partition coefficient (Wildman–Crippen LogP) is 2.92. The summed E-state index contributed by atoms with van der Waals surface area (Å²) >= 11 is 0. The van der Waals surface area contributed by atoms with Crippen LogP contribution < -0.4 is 5.53 Å². The monoisotopic (exact) mass is 225 g/mol. The van der Waals surface area contributed by atoms with Crippen molar-refractivity contribution in [3.63, 3.8) is 0 Å². The fourth-order valence-electron chi connectivity index (χ4n) is 1.91. The molecule has 0 amide bonds. The maximum absolute atomic E-state index is 3.45. The first-order valence-corrected chi connectivity index (χ1v) is 6.81. The molecule has 3 nitrogen and oxygen atoms in total. The first-order chi connectivity index (χ1) is 7.86. The maximum Gasteiger partial charge on any atom is 0.0351 e. The Morgan fingerprint density at radius 1 is 1.00 bits per heavy atom. The van der Waals surface area contributed by atoms with Crippen LogP contribution in [0.25, 0.3) is 0 Å². The van der Waals surface area contributed by atoms with E-state index in [4.69, 9.17) is 0 Å². The molecule has 94 valence electrons. The number of hydrogen-bond acceptors (Lipinski definition) is 3. The molecule has 0 aromatic heterocycles. The normalized spacial score (nSPS) is 17.0. The van der Waals surface area contributed by atoms with Crippen LogP contribution in [-0.4, -0.2) is 29.7 Å². The van der Waals surface area contributed by atoms with Gasteiger partial charge in [0.15, 0.2) is 0 Å². The number of rotatable bonds is 8. The van der Waals surface area contributed by atoms with Gasteiger partial charge in [0.2, 0.25) is 0 Å². The molecule has 1 N–H and O–H groups in total. The van der Waals surface area contributed by atoms with Gasteiger partial charge in [-0.15, -0.1) is 0 Å². The van der Waals surface area contributed by atoms with Crippen LogP contribution in [0.1, 0.15) is 52.4 Å². The minimum Gasteiger partial charge on any atom is -0.302 e. The van der Waals surface area contributed by atoms with Crippen molar-refractivity contribution in [2.75, 3.05) is 19.6 Å². The SMILES string of the molecule is CCCCCN1C=CCN(CCCCC)N1. The summed E-state index contributed by atoms with van der Waals surface area (Å²) in [6.45, 7) is 7.81. The highest BCUT2D eigenvalue weighted by molar-refractivity contribution is 4.86. The topological polar surface area (TPSA) is 18.5 Å². The van der Waals surface area contributed by atoms with Crippen molar-refractivity contribution in [1.29, 1.82) is 0 Å². The molecular weight excluding hydrogens is 198 g/mol. The van der Waals surface area contributed by atoms with Crippen LogP contribution in [0.5, 0.6) is 0 Å². The van der Waals surface area contributed by atoms with E-state index in [1.165, 1.54) is 38.5 Å². The van der Waals surface area contributed by atoms with Gasteiger partial charge in [0.25, 0.3) is 0 Å². The summed E-state index contributed by atoms with van der Waals surface area (Å²) in [5, 5.41) is 4.52. The van der Waals surface area contributed by atoms with Crippen LogP contribution in [0.2, 0.25) is 0 Å². The van der Waals surface area contributed by atoms with Crippen molar-refractivity contribution in [1.82, 2.24) is 15.6 Å². The van der Waals surface area contributed by atoms with E-state index in [9.17, 15) is 0 Å². The van der Waals surface area contributed by atoms with Gasteiger partial charge in [0, 0.05) is 25.8 Å². The van der Waals surface area contributed by atoms with E-state index in [1.807, 2.05) is 0 Å². The molecule has 0 aromatic carbocycles. The molecule has 0 aromatic rings. The van der Waals surface area contributed by atoms with Gasteiger partial charge in [-0.25, -0.2) is 5.01 Å². The van der Waals surface area contributed by atoms with E-state index in [-0.39, 0.29) is 0 Å². The van der Waals surface area contributed by atoms with Crippen LogP contribution in [-0.2, 0) is 0 Å². The summed E-state index contributed by atoms with van der Waals surface area (Å²) in [5.74, 6) is 0. The maximum atomic E-state index is 3.45. The quantitative estimate of drug-likeness (QED) is 0.641. The molecular formula is C13H27N3. The molecule has 0 atom stereocenters. The fraction of sp³-hybridized carbons (Fsp3) is 0.846. The number of hydrogen-bond donors (Lipinski definition) is 1. The van der Waals surface area contributed by atoms with E-state index >= 15 is 0 Å². The van der Waals surface area contributed by atoms with Crippen molar-refractivity contribution in [2.24, 2.45) is 0 Å². The lowest BCUT2D eigenvalue weighted by Crippen LogP contribution is -2.50. The number of nitrogens with one attached hydrogen (secondary N) is 1. The molecule has 0 radical (unpaired) electrons. The van der Waals surface area contributed by atoms with Crippen molar-refractivity contribution < 1.29 is 0 Å². The van der Waals surface area contributed by atoms with Crippen LogP contribution in [0, 0.1) is 0 Å². The Morgan fingerprint density at radius 2 is 1.69 bits per heavy atom. The van der Waals surface area contributed by atoms with Crippen molar-refractivity contribution in [2.45, 2.75) is 52.4 Å². The molecule has 1 heterocycles. The molecule has 0 bridgehead atoms. The molecule has 1 aliphatic rings. The Bertz CT molecular complexity index is 192. The summed E-state index contributed by atoms with van der Waals surface area (Å²) in [6.07, 6.45) is 12.2. The Labute approximate surface area is 100 Å². The van der Waals surface area contributed by atoms with Crippen LogP contribution in [0.15, 0.2) is 12.3 Å². The van der Waals surface area contributed by atoms with Gasteiger partial charge in [-0.1, -0.05) is 45.6 Å². The van der Waals surface area contributed by atoms with Gasteiger partial charge in [-0.3, -0.25) is 0 Å². The molecule has 16 heavy (non-hydrogen) atoms. The lowest BCUT2D eigenvalue weighted by atomic mass is 10.2. The second kappa shape index (κ2) is 8.59. The largest absolute Gasteiger partial charge is 0.302 e. The molecule has 0 fully saturated rings. The Morgan fingerprint density at radius 3 is 2.38 bits per heavy atom. The van der Waals surface area contributed by atoms with Crippen LogP contribution >= 0.6 is 0 Å². The predicted molar refractivity (Wildman–Crippen MR) is 69.6 cm³/mol. The van der Waals surface area contributed by atoms with Crippen molar-refractivity contribution in [3.05, 3.63) is 12.3 Å². The van der Waals surface area contributed by atoms with Gasteiger partial charge in [0.1, 0.15) is 0 Å². The minimum atomic E-state index is 1.04.